The molecule has 0 aromatic carbocycles. The molecule has 0 saturated heterocycles. The van der Waals surface area contributed by atoms with Crippen LogP contribution in [0.4, 0.5) is 26.3 Å². The van der Waals surface area contributed by atoms with Gasteiger partial charge < -0.3 is 9.47 Å². The molecule has 0 spiro atoms. The molecule has 0 aliphatic heterocycles. The first kappa shape index (κ1) is 29.0. The number of hydrogen-bond donors (Lipinski definition) is 0. The van der Waals surface area contributed by atoms with E-state index >= 15 is 26.3 Å². The van der Waals surface area contributed by atoms with E-state index in [1.807, 2.05) is 0 Å². The monoisotopic (exact) mass is 614 g/mol. The van der Waals surface area contributed by atoms with Crippen LogP contribution in [-0.2, 0) is 14.1 Å². The first-order chi connectivity index (χ1) is 19.3. The van der Waals surface area contributed by atoms with Crippen molar-refractivity contribution in [2.45, 2.75) is 31.6 Å². The van der Waals surface area contributed by atoms with Crippen molar-refractivity contribution in [3.63, 3.8) is 0 Å². The van der Waals surface area contributed by atoms with Crippen molar-refractivity contribution in [2.75, 3.05) is 13.2 Å². The Morgan fingerprint density at radius 2 is 1.00 bits per heavy atom. The molecule has 6 nitrogen and oxygen atoms in total. The highest BCUT2D eigenvalue weighted by atomic mass is 32.1. The van der Waals surface area contributed by atoms with Crippen LogP contribution >= 0.6 is 22.7 Å². The fourth-order valence-electron chi connectivity index (χ4n) is 4.28. The number of thiazole rings is 2. The number of pyridine rings is 2. The molecule has 0 bridgehead atoms. The molecule has 4 heterocycles. The predicted octanol–water partition coefficient (Wildman–Crippen LogP) is 6.21. The Bertz CT molecular complexity index is 1500. The Balaban J connectivity index is 1.81. The number of halogens is 6. The normalized spacial score (nSPS) is 17.2. The predicted molar refractivity (Wildman–Crippen MR) is 141 cm³/mol. The molecule has 14 heteroatoms. The summed E-state index contributed by atoms with van der Waals surface area (Å²) in [5.74, 6) is -16.4. The Morgan fingerprint density at radius 1 is 0.659 bits per heavy atom. The molecule has 0 radical (unpaired) electrons. The zero-order valence-corrected chi connectivity index (χ0v) is 23.9. The minimum absolute atomic E-state index is 0.0458. The fraction of sp³-hybridized carbons (Fsp3) is 0.333. The summed E-state index contributed by atoms with van der Waals surface area (Å²) in [6, 6.07) is 6.51. The van der Waals surface area contributed by atoms with Crippen LogP contribution in [0.1, 0.15) is 25.2 Å². The molecular formula is C27H24F6N4O2S2+2. The second kappa shape index (κ2) is 10.4. The van der Waals surface area contributed by atoms with E-state index in [0.717, 1.165) is 22.7 Å². The maximum absolute atomic E-state index is 15.6. The zero-order chi connectivity index (χ0) is 29.7. The van der Waals surface area contributed by atoms with Crippen molar-refractivity contribution in [3.05, 3.63) is 60.4 Å². The van der Waals surface area contributed by atoms with Crippen molar-refractivity contribution in [1.29, 1.82) is 0 Å². The molecule has 216 valence electrons. The van der Waals surface area contributed by atoms with Gasteiger partial charge in [-0.2, -0.15) is 26.3 Å². The molecule has 4 aromatic heterocycles. The number of hydrogen-bond acceptors (Lipinski definition) is 6. The van der Waals surface area contributed by atoms with Gasteiger partial charge in [-0.3, -0.25) is 0 Å². The van der Waals surface area contributed by atoms with E-state index in [0.29, 0.717) is 11.1 Å². The first-order valence-corrected chi connectivity index (χ1v) is 14.0. The fourth-order valence-corrected chi connectivity index (χ4v) is 6.25. The lowest BCUT2D eigenvalue weighted by atomic mass is 10.0. The molecule has 41 heavy (non-hydrogen) atoms. The Hall–Kier alpha value is -3.52. The van der Waals surface area contributed by atoms with Gasteiger partial charge >= 0.3 is 17.8 Å². The van der Waals surface area contributed by atoms with E-state index in [2.05, 4.69) is 9.97 Å². The summed E-state index contributed by atoms with van der Waals surface area (Å²) in [7, 11) is 3.52. The van der Waals surface area contributed by atoms with E-state index < -0.39 is 40.3 Å². The van der Waals surface area contributed by atoms with Gasteiger partial charge in [0, 0.05) is 35.4 Å². The number of aryl methyl sites for hydroxylation is 2. The molecule has 4 aromatic rings. The highest BCUT2D eigenvalue weighted by Crippen LogP contribution is 2.66. The highest BCUT2D eigenvalue weighted by molar-refractivity contribution is 7.17. The van der Waals surface area contributed by atoms with Gasteiger partial charge in [-0.25, -0.2) is 19.1 Å². The zero-order valence-electron chi connectivity index (χ0n) is 22.2. The standard InChI is InChI=1S/C27H24F6N4O2S2/c1-5-38-23-19(34-21(40-23)15-7-11-36(3)12-8-15)17-18(26(30,31)27(32,33)25(17,28)29)20-24(39-6-2)41-22(35-20)16-9-13-37(4)14-10-16/h7-14H,5-6H2,1-4H3/q+2. The second-order valence-electron chi connectivity index (χ2n) is 9.15. The Labute approximate surface area is 239 Å². The molecule has 0 fully saturated rings. The van der Waals surface area contributed by atoms with E-state index in [-0.39, 0.29) is 33.4 Å². The van der Waals surface area contributed by atoms with Crippen LogP contribution < -0.4 is 18.6 Å². The van der Waals surface area contributed by atoms with Gasteiger partial charge in [0.15, 0.2) is 24.8 Å². The van der Waals surface area contributed by atoms with Gasteiger partial charge in [0.1, 0.15) is 35.5 Å². The van der Waals surface area contributed by atoms with Crippen LogP contribution in [-0.4, -0.2) is 40.9 Å². The number of nitrogens with zero attached hydrogens (tertiary/aromatic N) is 4. The summed E-state index contributed by atoms with van der Waals surface area (Å²) in [6.07, 6.45) is 6.68. The molecule has 0 unspecified atom stereocenters. The summed E-state index contributed by atoms with van der Waals surface area (Å²) in [6.45, 7) is 3.01. The van der Waals surface area contributed by atoms with Crippen molar-refractivity contribution in [1.82, 2.24) is 9.97 Å². The minimum atomic E-state index is -5.79. The van der Waals surface area contributed by atoms with Gasteiger partial charge in [-0.05, 0) is 13.8 Å². The van der Waals surface area contributed by atoms with E-state index in [4.69, 9.17) is 9.47 Å². The maximum Gasteiger partial charge on any atom is 0.380 e. The third kappa shape index (κ3) is 4.66. The molecule has 0 saturated carbocycles. The SMILES string of the molecule is CCOc1sc(-c2cc[n+](C)cc2)nc1C1=C(c2nc(-c3cc[n+](C)cc3)sc2OCC)C(F)(F)C(F)(F)C1(F)F. The van der Waals surface area contributed by atoms with Crippen molar-refractivity contribution in [3.8, 4) is 31.3 Å². The number of rotatable bonds is 8. The first-order valence-electron chi connectivity index (χ1n) is 12.4. The summed E-state index contributed by atoms with van der Waals surface area (Å²) in [4.78, 5) is 8.35. The topological polar surface area (TPSA) is 52.0 Å². The lowest BCUT2D eigenvalue weighted by Crippen LogP contribution is -2.49. The Morgan fingerprint density at radius 3 is 1.32 bits per heavy atom. The van der Waals surface area contributed by atoms with Crippen LogP contribution in [0.5, 0.6) is 10.1 Å². The van der Waals surface area contributed by atoms with Crippen molar-refractivity contribution < 1.29 is 45.0 Å². The van der Waals surface area contributed by atoms with E-state index in [9.17, 15) is 0 Å². The van der Waals surface area contributed by atoms with Crippen LogP contribution in [0.3, 0.4) is 0 Å². The van der Waals surface area contributed by atoms with Gasteiger partial charge in [0.05, 0.1) is 24.4 Å². The lowest BCUT2D eigenvalue weighted by molar-refractivity contribution is -0.671. The summed E-state index contributed by atoms with van der Waals surface area (Å²) in [5.41, 5.74) is -3.94. The average Bonchev–Trinajstić information content (AvgIpc) is 3.54. The maximum atomic E-state index is 15.6. The highest BCUT2D eigenvalue weighted by Gasteiger charge is 2.81. The van der Waals surface area contributed by atoms with Gasteiger partial charge in [-0.15, -0.1) is 0 Å². The van der Waals surface area contributed by atoms with Gasteiger partial charge in [0.25, 0.3) is 0 Å². The summed E-state index contributed by atoms with van der Waals surface area (Å²) >= 11 is 1.59. The third-order valence-electron chi connectivity index (χ3n) is 6.33. The summed E-state index contributed by atoms with van der Waals surface area (Å²) in [5, 5.41) is -0.321. The van der Waals surface area contributed by atoms with E-state index in [1.165, 1.54) is 0 Å². The minimum Gasteiger partial charge on any atom is -0.483 e. The molecule has 0 atom stereocenters. The molecule has 0 N–H and O–H groups in total. The van der Waals surface area contributed by atoms with E-state index in [1.54, 1.807) is 86.1 Å². The number of ether oxygens (including phenoxy) is 2. The molecule has 1 aliphatic rings. The smallest absolute Gasteiger partial charge is 0.380 e. The van der Waals surface area contributed by atoms with Crippen LogP contribution in [0, 0.1) is 0 Å². The van der Waals surface area contributed by atoms with Crippen LogP contribution in [0.2, 0.25) is 0 Å². The van der Waals surface area contributed by atoms with Crippen molar-refractivity contribution in [2.24, 2.45) is 14.1 Å². The van der Waals surface area contributed by atoms with Gasteiger partial charge in [0.2, 0.25) is 10.1 Å². The molecule has 0 amide bonds. The summed E-state index contributed by atoms with van der Waals surface area (Å²) < 4.78 is 107. The second-order valence-corrected chi connectivity index (χ2v) is 11.1. The lowest BCUT2D eigenvalue weighted by Gasteiger charge is -2.25. The van der Waals surface area contributed by atoms with Gasteiger partial charge in [-0.1, -0.05) is 22.7 Å². The molecule has 5 rings (SSSR count). The Kier molecular flexibility index (Phi) is 7.35. The van der Waals surface area contributed by atoms with Crippen LogP contribution in [0.15, 0.2) is 49.1 Å². The number of allylic oxidation sites excluding steroid dienone is 2. The number of alkyl halides is 6. The third-order valence-corrected chi connectivity index (χ3v) is 8.37. The number of aromatic nitrogens is 4. The largest absolute Gasteiger partial charge is 0.483 e. The van der Waals surface area contributed by atoms with Crippen molar-refractivity contribution >= 4 is 33.8 Å². The molecular weight excluding hydrogens is 590 g/mol. The molecule has 1 aliphatic carbocycles. The quantitative estimate of drug-likeness (QED) is 0.175. The average molecular weight is 615 g/mol. The van der Waals surface area contributed by atoms with Crippen LogP contribution in [0.25, 0.3) is 32.3 Å².